The molecular weight excluding hydrogens is 176 g/mol. The van der Waals surface area contributed by atoms with E-state index in [2.05, 4.69) is 6.92 Å². The molecule has 2 nitrogen and oxygen atoms in total. The first-order valence-corrected chi connectivity index (χ1v) is 5.84. The standard InChI is InChI=1S/C12H24O2/c1-4-5-6-14-9-10-7-11(8-10)12(2,3)13/h10-11,13H,4-9H2,1-3H3. The maximum Gasteiger partial charge on any atom is 0.0620 e. The van der Waals surface area contributed by atoms with Crippen LogP contribution in [-0.2, 0) is 4.74 Å². The van der Waals surface area contributed by atoms with Crippen molar-refractivity contribution in [2.45, 2.75) is 52.1 Å². The number of unbranched alkanes of at least 4 members (excludes halogenated alkanes) is 1. The molecule has 1 aliphatic carbocycles. The summed E-state index contributed by atoms with van der Waals surface area (Å²) in [5.41, 5.74) is -0.486. The van der Waals surface area contributed by atoms with Gasteiger partial charge in [-0.25, -0.2) is 0 Å². The smallest absolute Gasteiger partial charge is 0.0620 e. The van der Waals surface area contributed by atoms with E-state index >= 15 is 0 Å². The van der Waals surface area contributed by atoms with Crippen molar-refractivity contribution in [2.24, 2.45) is 11.8 Å². The molecule has 1 fully saturated rings. The first-order valence-electron chi connectivity index (χ1n) is 5.84. The molecule has 0 aromatic rings. The minimum Gasteiger partial charge on any atom is -0.390 e. The van der Waals surface area contributed by atoms with Gasteiger partial charge in [-0.05, 0) is 44.9 Å². The van der Waals surface area contributed by atoms with Crippen LogP contribution in [-0.4, -0.2) is 23.9 Å². The van der Waals surface area contributed by atoms with Crippen LogP contribution in [0, 0.1) is 11.8 Å². The largest absolute Gasteiger partial charge is 0.390 e. The molecule has 2 heteroatoms. The van der Waals surface area contributed by atoms with E-state index in [-0.39, 0.29) is 0 Å². The van der Waals surface area contributed by atoms with Crippen LogP contribution in [0.4, 0.5) is 0 Å². The van der Waals surface area contributed by atoms with Crippen molar-refractivity contribution in [3.63, 3.8) is 0 Å². The lowest BCUT2D eigenvalue weighted by molar-refractivity contribution is -0.0629. The summed E-state index contributed by atoms with van der Waals surface area (Å²) in [6.07, 6.45) is 4.64. The molecule has 0 atom stereocenters. The van der Waals surface area contributed by atoms with Gasteiger partial charge in [0.2, 0.25) is 0 Å². The summed E-state index contributed by atoms with van der Waals surface area (Å²) in [6.45, 7) is 7.79. The minimum atomic E-state index is -0.486. The molecule has 84 valence electrons. The highest BCUT2D eigenvalue weighted by atomic mass is 16.5. The van der Waals surface area contributed by atoms with Gasteiger partial charge in [-0.3, -0.25) is 0 Å². The molecule has 1 aliphatic rings. The minimum absolute atomic E-state index is 0.486. The van der Waals surface area contributed by atoms with Crippen molar-refractivity contribution in [3.8, 4) is 0 Å². The summed E-state index contributed by atoms with van der Waals surface area (Å²) in [4.78, 5) is 0. The fourth-order valence-corrected chi connectivity index (χ4v) is 1.94. The van der Waals surface area contributed by atoms with Crippen LogP contribution in [0.15, 0.2) is 0 Å². The van der Waals surface area contributed by atoms with Crippen LogP contribution in [0.5, 0.6) is 0 Å². The third-order valence-corrected chi connectivity index (χ3v) is 3.23. The van der Waals surface area contributed by atoms with E-state index in [9.17, 15) is 5.11 Å². The maximum absolute atomic E-state index is 9.72. The molecule has 0 amide bonds. The third kappa shape index (κ3) is 3.58. The molecule has 0 aromatic heterocycles. The van der Waals surface area contributed by atoms with Gasteiger partial charge in [0.05, 0.1) is 5.60 Å². The van der Waals surface area contributed by atoms with Gasteiger partial charge in [0, 0.05) is 13.2 Å². The number of rotatable bonds is 6. The Bertz CT molecular complexity index is 154. The third-order valence-electron chi connectivity index (χ3n) is 3.23. The number of hydrogen-bond donors (Lipinski definition) is 1. The zero-order chi connectivity index (χ0) is 10.6. The summed E-state index contributed by atoms with van der Waals surface area (Å²) < 4.78 is 5.56. The van der Waals surface area contributed by atoms with E-state index in [0.29, 0.717) is 11.8 Å². The lowest BCUT2D eigenvalue weighted by Gasteiger charge is -2.42. The van der Waals surface area contributed by atoms with Crippen LogP contribution in [0.2, 0.25) is 0 Å². The Morgan fingerprint density at radius 2 is 2.00 bits per heavy atom. The zero-order valence-corrected chi connectivity index (χ0v) is 9.75. The van der Waals surface area contributed by atoms with Crippen LogP contribution < -0.4 is 0 Å². The lowest BCUT2D eigenvalue weighted by Crippen LogP contribution is -2.41. The van der Waals surface area contributed by atoms with Crippen molar-refractivity contribution in [2.75, 3.05) is 13.2 Å². The molecule has 0 aromatic carbocycles. The summed E-state index contributed by atoms with van der Waals surface area (Å²) in [6, 6.07) is 0. The second-order valence-electron chi connectivity index (χ2n) is 5.12. The second-order valence-corrected chi connectivity index (χ2v) is 5.12. The molecule has 1 rings (SSSR count). The van der Waals surface area contributed by atoms with Gasteiger partial charge in [-0.2, -0.15) is 0 Å². The van der Waals surface area contributed by atoms with Gasteiger partial charge in [0.15, 0.2) is 0 Å². The Hall–Kier alpha value is -0.0800. The van der Waals surface area contributed by atoms with Crippen molar-refractivity contribution in [3.05, 3.63) is 0 Å². The average Bonchev–Trinajstić information content (AvgIpc) is 1.98. The van der Waals surface area contributed by atoms with Gasteiger partial charge >= 0.3 is 0 Å². The topological polar surface area (TPSA) is 29.5 Å². The second kappa shape index (κ2) is 5.13. The van der Waals surface area contributed by atoms with Crippen LogP contribution in [0.1, 0.15) is 46.5 Å². The van der Waals surface area contributed by atoms with Crippen LogP contribution in [0.25, 0.3) is 0 Å². The Balaban J connectivity index is 1.99. The zero-order valence-electron chi connectivity index (χ0n) is 9.75. The molecular formula is C12H24O2. The predicted molar refractivity (Wildman–Crippen MR) is 58.2 cm³/mol. The van der Waals surface area contributed by atoms with Crippen LogP contribution >= 0.6 is 0 Å². The van der Waals surface area contributed by atoms with Crippen molar-refractivity contribution in [1.82, 2.24) is 0 Å². The fraction of sp³-hybridized carbons (Fsp3) is 1.00. The maximum atomic E-state index is 9.72. The number of ether oxygens (including phenoxy) is 1. The van der Waals surface area contributed by atoms with E-state index < -0.39 is 5.60 Å². The first kappa shape index (κ1) is 12.0. The first-order chi connectivity index (χ1) is 6.54. The van der Waals surface area contributed by atoms with Gasteiger partial charge in [0.25, 0.3) is 0 Å². The molecule has 0 unspecified atom stereocenters. The molecule has 0 saturated heterocycles. The van der Waals surface area contributed by atoms with E-state index in [0.717, 1.165) is 26.1 Å². The van der Waals surface area contributed by atoms with Gasteiger partial charge in [-0.1, -0.05) is 13.3 Å². The van der Waals surface area contributed by atoms with Crippen molar-refractivity contribution in [1.29, 1.82) is 0 Å². The average molecular weight is 200 g/mol. The van der Waals surface area contributed by atoms with Crippen molar-refractivity contribution >= 4 is 0 Å². The summed E-state index contributed by atoms with van der Waals surface area (Å²) in [7, 11) is 0. The highest BCUT2D eigenvalue weighted by Gasteiger charge is 2.38. The monoisotopic (exact) mass is 200 g/mol. The van der Waals surface area contributed by atoms with Crippen LogP contribution in [0.3, 0.4) is 0 Å². The van der Waals surface area contributed by atoms with Gasteiger partial charge < -0.3 is 9.84 Å². The lowest BCUT2D eigenvalue weighted by atomic mass is 9.68. The van der Waals surface area contributed by atoms with Crippen molar-refractivity contribution < 1.29 is 9.84 Å². The molecule has 14 heavy (non-hydrogen) atoms. The molecule has 0 radical (unpaired) electrons. The predicted octanol–water partition coefficient (Wildman–Crippen LogP) is 2.60. The fourth-order valence-electron chi connectivity index (χ4n) is 1.94. The molecule has 1 N–H and O–H groups in total. The van der Waals surface area contributed by atoms with E-state index in [1.54, 1.807) is 0 Å². The quantitative estimate of drug-likeness (QED) is 0.668. The normalized spacial score (nSPS) is 27.4. The molecule has 0 bridgehead atoms. The van der Waals surface area contributed by atoms with E-state index in [4.69, 9.17) is 4.74 Å². The van der Waals surface area contributed by atoms with Gasteiger partial charge in [0.1, 0.15) is 0 Å². The number of hydrogen-bond acceptors (Lipinski definition) is 2. The highest BCUT2D eigenvalue weighted by Crippen LogP contribution is 2.40. The van der Waals surface area contributed by atoms with E-state index in [1.807, 2.05) is 13.8 Å². The number of aliphatic hydroxyl groups is 1. The molecule has 0 heterocycles. The van der Waals surface area contributed by atoms with E-state index in [1.165, 1.54) is 12.8 Å². The Labute approximate surface area is 87.7 Å². The summed E-state index contributed by atoms with van der Waals surface area (Å²) >= 11 is 0. The Morgan fingerprint density at radius 1 is 1.36 bits per heavy atom. The SMILES string of the molecule is CCCCOCC1CC(C(C)(C)O)C1. The Morgan fingerprint density at radius 3 is 2.50 bits per heavy atom. The molecule has 0 spiro atoms. The summed E-state index contributed by atoms with van der Waals surface area (Å²) in [5.74, 6) is 1.19. The Kier molecular flexibility index (Phi) is 4.39. The highest BCUT2D eigenvalue weighted by molar-refractivity contribution is 4.89. The van der Waals surface area contributed by atoms with Gasteiger partial charge in [-0.15, -0.1) is 0 Å². The molecule has 1 saturated carbocycles. The molecule has 0 aliphatic heterocycles. The summed E-state index contributed by atoms with van der Waals surface area (Å²) in [5, 5.41) is 9.72.